The highest BCUT2D eigenvalue weighted by molar-refractivity contribution is 6.44. The molecule has 132 valence electrons. The lowest BCUT2D eigenvalue weighted by atomic mass is 10.1. The van der Waals surface area contributed by atoms with E-state index in [1.54, 1.807) is 48.5 Å². The molecule has 0 fully saturated rings. The highest BCUT2D eigenvalue weighted by Gasteiger charge is 2.13. The van der Waals surface area contributed by atoms with Gasteiger partial charge in [-0.2, -0.15) is 0 Å². The van der Waals surface area contributed by atoms with E-state index in [-0.39, 0.29) is 17.5 Å². The molecule has 0 saturated heterocycles. The Morgan fingerprint density at radius 2 is 1.65 bits per heavy atom. The van der Waals surface area contributed by atoms with E-state index in [9.17, 15) is 9.59 Å². The van der Waals surface area contributed by atoms with Crippen molar-refractivity contribution in [3.63, 3.8) is 0 Å². The lowest BCUT2D eigenvalue weighted by Gasteiger charge is -2.09. The monoisotopic (exact) mass is 388 g/mol. The topological polar surface area (TPSA) is 71.3 Å². The minimum atomic E-state index is -0.394. The van der Waals surface area contributed by atoms with Gasteiger partial charge in [-0.3, -0.25) is 9.59 Å². The van der Waals surface area contributed by atoms with Crippen LogP contribution in [0.15, 0.2) is 65.3 Å². The molecule has 0 spiro atoms. The van der Waals surface area contributed by atoms with E-state index >= 15 is 0 Å². The molecule has 1 aromatic heterocycles. The highest BCUT2D eigenvalue weighted by atomic mass is 35.5. The number of halogens is 2. The molecule has 3 aromatic rings. The van der Waals surface area contributed by atoms with Crippen LogP contribution in [-0.2, 0) is 6.54 Å². The van der Waals surface area contributed by atoms with Gasteiger partial charge in [0.15, 0.2) is 0 Å². The van der Waals surface area contributed by atoms with E-state index in [4.69, 9.17) is 27.6 Å². The number of furan rings is 1. The van der Waals surface area contributed by atoms with Gasteiger partial charge in [-0.05, 0) is 42.5 Å². The first kappa shape index (κ1) is 18.0. The molecule has 0 aliphatic rings. The molecule has 5 nitrogen and oxygen atoms in total. The Hall–Kier alpha value is -2.76. The Balaban J connectivity index is 1.70. The number of carbonyl (C=O) groups excluding carboxylic acids is 2. The van der Waals surface area contributed by atoms with Crippen molar-refractivity contribution >= 4 is 40.7 Å². The summed E-state index contributed by atoms with van der Waals surface area (Å²) in [7, 11) is 0. The van der Waals surface area contributed by atoms with Crippen LogP contribution in [0.1, 0.15) is 26.5 Å². The quantitative estimate of drug-likeness (QED) is 0.661. The van der Waals surface area contributed by atoms with E-state index in [2.05, 4.69) is 10.6 Å². The summed E-state index contributed by atoms with van der Waals surface area (Å²) < 4.78 is 5.17. The normalized spacial score (nSPS) is 10.4. The van der Waals surface area contributed by atoms with Crippen molar-refractivity contribution in [1.82, 2.24) is 5.32 Å². The number of hydrogen-bond donors (Lipinski definition) is 2. The van der Waals surface area contributed by atoms with Gasteiger partial charge in [-0.25, -0.2) is 0 Å². The van der Waals surface area contributed by atoms with Gasteiger partial charge in [0.05, 0.1) is 28.5 Å². The van der Waals surface area contributed by atoms with Crippen LogP contribution in [0.25, 0.3) is 0 Å². The van der Waals surface area contributed by atoms with Crippen LogP contribution in [-0.4, -0.2) is 11.8 Å². The molecule has 2 aromatic carbocycles. The van der Waals surface area contributed by atoms with Crippen molar-refractivity contribution < 1.29 is 14.0 Å². The van der Waals surface area contributed by atoms with Gasteiger partial charge in [0, 0.05) is 11.1 Å². The average molecular weight is 389 g/mol. The molecule has 1 heterocycles. The number of hydrogen-bond acceptors (Lipinski definition) is 3. The number of rotatable bonds is 5. The smallest absolute Gasteiger partial charge is 0.255 e. The molecule has 0 radical (unpaired) electrons. The molecule has 0 bridgehead atoms. The number of amides is 2. The van der Waals surface area contributed by atoms with Crippen LogP contribution in [0.5, 0.6) is 0 Å². The maximum atomic E-state index is 12.4. The minimum absolute atomic E-state index is 0.259. The Morgan fingerprint density at radius 3 is 2.38 bits per heavy atom. The predicted octanol–water partition coefficient (Wildman–Crippen LogP) is 4.77. The number of nitrogens with one attached hydrogen (secondary N) is 2. The van der Waals surface area contributed by atoms with E-state index in [0.717, 1.165) is 0 Å². The fourth-order valence-electron chi connectivity index (χ4n) is 2.28. The molecule has 2 amide bonds. The summed E-state index contributed by atoms with van der Waals surface area (Å²) in [4.78, 5) is 24.7. The van der Waals surface area contributed by atoms with Crippen LogP contribution < -0.4 is 10.6 Å². The van der Waals surface area contributed by atoms with Crippen molar-refractivity contribution in [3.8, 4) is 0 Å². The summed E-state index contributed by atoms with van der Waals surface area (Å²) in [5.74, 6) is -0.0606. The zero-order chi connectivity index (χ0) is 18.5. The maximum Gasteiger partial charge on any atom is 0.255 e. The second-order valence-corrected chi connectivity index (χ2v) is 6.18. The summed E-state index contributed by atoms with van der Waals surface area (Å²) in [5, 5.41) is 6.02. The van der Waals surface area contributed by atoms with Gasteiger partial charge < -0.3 is 15.1 Å². The molecular weight excluding hydrogens is 375 g/mol. The highest BCUT2D eigenvalue weighted by Crippen LogP contribution is 2.29. The lowest BCUT2D eigenvalue weighted by Crippen LogP contribution is -2.23. The van der Waals surface area contributed by atoms with Crippen molar-refractivity contribution in [1.29, 1.82) is 0 Å². The van der Waals surface area contributed by atoms with Crippen LogP contribution in [0.4, 0.5) is 5.69 Å². The second kappa shape index (κ2) is 8.08. The molecular formula is C19H14Cl2N2O3. The molecule has 26 heavy (non-hydrogen) atoms. The van der Waals surface area contributed by atoms with Gasteiger partial charge in [0.25, 0.3) is 11.8 Å². The van der Waals surface area contributed by atoms with Crippen LogP contribution in [0.2, 0.25) is 10.0 Å². The van der Waals surface area contributed by atoms with E-state index < -0.39 is 5.91 Å². The first-order valence-electron chi connectivity index (χ1n) is 7.70. The Morgan fingerprint density at radius 1 is 0.923 bits per heavy atom. The summed E-state index contributed by atoms with van der Waals surface area (Å²) >= 11 is 12.0. The summed E-state index contributed by atoms with van der Waals surface area (Å²) in [6, 6.07) is 14.8. The SMILES string of the molecule is O=C(NCc1ccco1)c1cccc(C(=O)Nc2cccc(Cl)c2Cl)c1. The van der Waals surface area contributed by atoms with E-state index in [0.29, 0.717) is 27.6 Å². The van der Waals surface area contributed by atoms with Crippen molar-refractivity contribution in [3.05, 3.63) is 87.8 Å². The third-order valence-corrected chi connectivity index (χ3v) is 4.41. The van der Waals surface area contributed by atoms with Crippen molar-refractivity contribution in [2.24, 2.45) is 0 Å². The Bertz CT molecular complexity index is 940. The third kappa shape index (κ3) is 4.25. The van der Waals surface area contributed by atoms with Gasteiger partial charge in [-0.1, -0.05) is 35.3 Å². The van der Waals surface area contributed by atoms with E-state index in [1.807, 2.05) is 0 Å². The van der Waals surface area contributed by atoms with E-state index in [1.165, 1.54) is 12.3 Å². The fourth-order valence-corrected chi connectivity index (χ4v) is 2.63. The van der Waals surface area contributed by atoms with Crippen LogP contribution in [0, 0.1) is 0 Å². The van der Waals surface area contributed by atoms with Crippen molar-refractivity contribution in [2.45, 2.75) is 6.54 Å². The molecule has 0 aliphatic carbocycles. The first-order valence-corrected chi connectivity index (χ1v) is 8.46. The van der Waals surface area contributed by atoms with Gasteiger partial charge >= 0.3 is 0 Å². The number of benzene rings is 2. The lowest BCUT2D eigenvalue weighted by molar-refractivity contribution is 0.0948. The molecule has 0 atom stereocenters. The maximum absolute atomic E-state index is 12.4. The zero-order valence-corrected chi connectivity index (χ0v) is 15.0. The molecule has 0 unspecified atom stereocenters. The van der Waals surface area contributed by atoms with Crippen LogP contribution >= 0.6 is 23.2 Å². The third-order valence-electron chi connectivity index (χ3n) is 3.59. The van der Waals surface area contributed by atoms with Crippen LogP contribution in [0.3, 0.4) is 0 Å². The molecule has 3 rings (SSSR count). The first-order chi connectivity index (χ1) is 12.5. The standard InChI is InChI=1S/C19H14Cl2N2O3/c20-15-7-2-8-16(17(15)21)23-19(25)13-5-1-4-12(10-13)18(24)22-11-14-6-3-9-26-14/h1-10H,11H2,(H,22,24)(H,23,25). The van der Waals surface area contributed by atoms with Crippen molar-refractivity contribution in [2.75, 3.05) is 5.32 Å². The predicted molar refractivity (Wildman–Crippen MR) is 101 cm³/mol. The molecule has 7 heteroatoms. The fraction of sp³-hybridized carbons (Fsp3) is 0.0526. The summed E-state index contributed by atoms with van der Waals surface area (Å²) in [6.45, 7) is 0.264. The Kier molecular flexibility index (Phi) is 5.61. The average Bonchev–Trinajstić information content (AvgIpc) is 3.17. The molecule has 0 aliphatic heterocycles. The Labute approximate surface area is 159 Å². The second-order valence-electron chi connectivity index (χ2n) is 5.40. The largest absolute Gasteiger partial charge is 0.467 e. The van der Waals surface area contributed by atoms with Gasteiger partial charge in [0.1, 0.15) is 5.76 Å². The molecule has 0 saturated carbocycles. The van der Waals surface area contributed by atoms with Gasteiger partial charge in [0.2, 0.25) is 0 Å². The summed E-state index contributed by atoms with van der Waals surface area (Å²) in [6.07, 6.45) is 1.54. The van der Waals surface area contributed by atoms with Gasteiger partial charge in [-0.15, -0.1) is 0 Å². The molecule has 2 N–H and O–H groups in total. The summed E-state index contributed by atoms with van der Waals surface area (Å²) in [5.41, 5.74) is 1.09. The number of anilines is 1. The zero-order valence-electron chi connectivity index (χ0n) is 13.5. The number of carbonyl (C=O) groups is 2. The minimum Gasteiger partial charge on any atom is -0.467 e.